The molecule has 2 saturated carbocycles. The smallest absolute Gasteiger partial charge is 0.306 e. The molecule has 0 aromatic rings. The highest BCUT2D eigenvalue weighted by Gasteiger charge is 2.71. The third-order valence-electron chi connectivity index (χ3n) is 18.1. The van der Waals surface area contributed by atoms with Gasteiger partial charge in [-0.3, -0.25) is 19.2 Å². The molecule has 8 saturated heterocycles. The van der Waals surface area contributed by atoms with E-state index in [9.17, 15) is 19.2 Å². The minimum absolute atomic E-state index is 0.0385. The van der Waals surface area contributed by atoms with E-state index in [0.717, 1.165) is 51.4 Å². The third kappa shape index (κ3) is 8.61. The predicted molar refractivity (Wildman–Crippen MR) is 237 cm³/mol. The number of hydrogen-bond acceptors (Lipinski definition) is 14. The van der Waals surface area contributed by atoms with Gasteiger partial charge >= 0.3 is 11.9 Å². The van der Waals surface area contributed by atoms with Gasteiger partial charge in [-0.1, -0.05) is 41.5 Å². The van der Waals surface area contributed by atoms with Crippen LogP contribution >= 0.6 is 0 Å². The fraction of sp³-hybridized carbons (Fsp3) is 0.846. The van der Waals surface area contributed by atoms with Crippen molar-refractivity contribution in [2.75, 3.05) is 13.2 Å². The second kappa shape index (κ2) is 18.6. The van der Waals surface area contributed by atoms with Gasteiger partial charge in [0.15, 0.2) is 35.3 Å². The Balaban J connectivity index is 0.851. The van der Waals surface area contributed by atoms with Crippen molar-refractivity contribution in [2.45, 2.75) is 206 Å². The predicted octanol–water partition coefficient (Wildman–Crippen LogP) is 8.97. The molecule has 0 radical (unpaired) electrons. The molecule has 0 aromatic carbocycles. The maximum atomic E-state index is 13.5. The van der Waals surface area contributed by atoms with E-state index in [-0.39, 0.29) is 97.2 Å². The van der Waals surface area contributed by atoms with Crippen LogP contribution in [0.2, 0.25) is 0 Å². The fourth-order valence-corrected chi connectivity index (χ4v) is 14.1. The zero-order valence-electron chi connectivity index (χ0n) is 40.9. The highest BCUT2D eigenvalue weighted by atomic mass is 17.3. The van der Waals surface area contributed by atoms with Crippen LogP contribution in [0.5, 0.6) is 0 Å². The Morgan fingerprint density at radius 3 is 1.73 bits per heavy atom. The van der Waals surface area contributed by atoms with Crippen LogP contribution in [-0.4, -0.2) is 84.3 Å². The third-order valence-corrected chi connectivity index (χ3v) is 18.1. The lowest BCUT2D eigenvalue weighted by molar-refractivity contribution is -0.571. The monoisotopic (exact) mass is 925 g/mol. The molecule has 8 aliphatic heterocycles. The van der Waals surface area contributed by atoms with E-state index in [2.05, 4.69) is 27.7 Å². The molecule has 66 heavy (non-hydrogen) atoms. The Morgan fingerprint density at radius 2 is 1.21 bits per heavy atom. The summed E-state index contributed by atoms with van der Waals surface area (Å²) in [7, 11) is 0. The number of rotatable bonds is 15. The van der Waals surface area contributed by atoms with Crippen LogP contribution in [0, 0.1) is 59.2 Å². The first kappa shape index (κ1) is 48.5. The fourth-order valence-electron chi connectivity index (χ4n) is 14.1. The zero-order valence-corrected chi connectivity index (χ0v) is 40.9. The van der Waals surface area contributed by atoms with Crippen LogP contribution in [0.15, 0.2) is 22.8 Å². The summed E-state index contributed by atoms with van der Waals surface area (Å²) in [6.45, 7) is 18.8. The second-order valence-corrected chi connectivity index (χ2v) is 22.6. The molecule has 11 rings (SSSR count). The van der Waals surface area contributed by atoms with Gasteiger partial charge in [0.05, 0.1) is 38.3 Å². The number of carbonyl (C=O) groups is 4. The molecular formula is C52H76O14. The van der Waals surface area contributed by atoms with E-state index < -0.39 is 47.3 Å². The summed E-state index contributed by atoms with van der Waals surface area (Å²) < 4.78 is 39.1. The summed E-state index contributed by atoms with van der Waals surface area (Å²) in [5.74, 6) is -1.17. The van der Waals surface area contributed by atoms with Gasteiger partial charge in [-0.2, -0.15) is 0 Å². The summed E-state index contributed by atoms with van der Waals surface area (Å²) in [6, 6.07) is 0. The topological polar surface area (TPSA) is 161 Å². The molecular weight excluding hydrogens is 849 g/mol. The van der Waals surface area contributed by atoms with Crippen LogP contribution in [0.1, 0.15) is 159 Å². The number of fused-ring (bicyclic) bond motifs is 4. The number of ketones is 2. The SMILES string of the molecule is CC1=C(CCCCOC(=O)CCC(=O)OCC(C[C@H]2O[C@@H]3O[C@@]4(C)CC[C@H]5[C@H](C)CC[C@@H]([C@H]2C)[C@@]35OO4)C[C@H]2O[C@@H]3O[C@@]4(C)CC[C@H]5[C@H](C)CC[C@@H]([C@H]2C)[C@@]35OO4)C(=O)C(C(C)C)=CC1=O. The highest BCUT2D eigenvalue weighted by molar-refractivity contribution is 6.22. The lowest BCUT2D eigenvalue weighted by Crippen LogP contribution is -2.70. The van der Waals surface area contributed by atoms with Gasteiger partial charge < -0.3 is 28.4 Å². The molecule has 14 nitrogen and oxygen atoms in total. The van der Waals surface area contributed by atoms with E-state index in [1.165, 1.54) is 6.08 Å². The normalized spacial score (nSPS) is 43.8. The van der Waals surface area contributed by atoms with Gasteiger partial charge in [0.1, 0.15) is 0 Å². The lowest BCUT2D eigenvalue weighted by Gasteiger charge is -2.61. The molecule has 0 aromatic heterocycles. The molecule has 368 valence electrons. The van der Waals surface area contributed by atoms with Gasteiger partial charge in [-0.05, 0) is 145 Å². The number of Topliss-reactive ketones (excluding diaryl/α,β-unsaturated/α-hetero) is 1. The Hall–Kier alpha value is -2.56. The Bertz CT molecular complexity index is 1860. The highest BCUT2D eigenvalue weighted by Crippen LogP contribution is 2.63. The number of esters is 2. The standard InChI is InChI=1S/C52H76O14/c1-28(2)36-26-41(53)31(5)35(46(36)56)12-10-11-23-57-44(54)17-18-45(55)58-27-34(24-42-32(6)39-15-13-29(3)37-19-21-49(8)61-47(59-42)51(37,39)65-63-49)25-43-33(7)40-16-14-30(4)38-20-22-50(9)62-48(60-43)52(38,40)66-64-50/h26,28-30,32-34,37-40,42-43,47-48H,10-25,27H2,1-9H3/t29-,30-,32-,33-,37+,38+,39+,40+,42-,43-,47-,48-,49-,50-,51-,52-/m1/s1. The van der Waals surface area contributed by atoms with Crippen molar-refractivity contribution in [1.82, 2.24) is 0 Å². The van der Waals surface area contributed by atoms with Crippen LogP contribution in [-0.2, 0) is 67.1 Å². The Labute approximate surface area is 391 Å². The maximum absolute atomic E-state index is 13.5. The molecule has 3 aliphatic carbocycles. The summed E-state index contributed by atoms with van der Waals surface area (Å²) in [4.78, 5) is 76.9. The first-order chi connectivity index (χ1) is 31.4. The molecule has 8 heterocycles. The van der Waals surface area contributed by atoms with E-state index >= 15 is 0 Å². The minimum atomic E-state index is -0.889. The first-order valence-corrected chi connectivity index (χ1v) is 25.6. The number of carbonyl (C=O) groups excluding carboxylic acids is 4. The first-order valence-electron chi connectivity index (χ1n) is 25.6. The molecule has 2 spiro atoms. The lowest BCUT2D eigenvalue weighted by atomic mass is 9.56. The van der Waals surface area contributed by atoms with Crippen LogP contribution in [0.25, 0.3) is 0 Å². The number of unbranched alkanes of at least 4 members (excludes halogenated alkanes) is 1. The molecule has 14 heteroatoms. The average molecular weight is 925 g/mol. The largest absolute Gasteiger partial charge is 0.466 e. The Kier molecular flexibility index (Phi) is 13.7. The summed E-state index contributed by atoms with van der Waals surface area (Å²) in [5.41, 5.74) is 0.202. The van der Waals surface area contributed by atoms with Gasteiger partial charge in [0, 0.05) is 41.4 Å². The molecule has 4 bridgehead atoms. The van der Waals surface area contributed by atoms with Crippen LogP contribution < -0.4 is 0 Å². The summed E-state index contributed by atoms with van der Waals surface area (Å²) in [6.07, 6.45) is 9.96. The molecule has 0 N–H and O–H groups in total. The van der Waals surface area contributed by atoms with Crippen molar-refractivity contribution in [3.63, 3.8) is 0 Å². The van der Waals surface area contributed by atoms with Crippen molar-refractivity contribution in [3.8, 4) is 0 Å². The number of ether oxygens (including phenoxy) is 6. The van der Waals surface area contributed by atoms with Crippen LogP contribution in [0.3, 0.4) is 0 Å². The van der Waals surface area contributed by atoms with Crippen molar-refractivity contribution >= 4 is 23.5 Å². The van der Waals surface area contributed by atoms with E-state index in [1.54, 1.807) is 6.92 Å². The van der Waals surface area contributed by atoms with Crippen molar-refractivity contribution < 1.29 is 67.1 Å². The average Bonchev–Trinajstić information content (AvgIpc) is 3.65. The van der Waals surface area contributed by atoms with E-state index in [4.69, 9.17) is 48.0 Å². The quantitative estimate of drug-likeness (QED) is 0.0663. The van der Waals surface area contributed by atoms with Crippen LogP contribution in [0.4, 0.5) is 0 Å². The molecule has 10 fully saturated rings. The summed E-state index contributed by atoms with van der Waals surface area (Å²) >= 11 is 0. The minimum Gasteiger partial charge on any atom is -0.466 e. The molecule has 0 amide bonds. The van der Waals surface area contributed by atoms with E-state index in [1.807, 2.05) is 27.7 Å². The maximum Gasteiger partial charge on any atom is 0.306 e. The van der Waals surface area contributed by atoms with Gasteiger partial charge in [-0.15, -0.1) is 0 Å². The molecule has 0 unspecified atom stereocenters. The second-order valence-electron chi connectivity index (χ2n) is 22.6. The van der Waals surface area contributed by atoms with Crippen molar-refractivity contribution in [3.05, 3.63) is 22.8 Å². The Morgan fingerprint density at radius 1 is 0.697 bits per heavy atom. The van der Waals surface area contributed by atoms with Gasteiger partial charge in [-0.25, -0.2) is 19.6 Å². The summed E-state index contributed by atoms with van der Waals surface area (Å²) in [5, 5.41) is 0. The van der Waals surface area contributed by atoms with Crippen molar-refractivity contribution in [2.24, 2.45) is 59.2 Å². The van der Waals surface area contributed by atoms with E-state index in [0.29, 0.717) is 60.7 Å². The number of allylic oxidation sites excluding steroid dienone is 4. The number of hydrogen-bond donors (Lipinski definition) is 0. The van der Waals surface area contributed by atoms with Crippen molar-refractivity contribution in [1.29, 1.82) is 0 Å². The molecule has 11 aliphatic rings. The van der Waals surface area contributed by atoms with Gasteiger partial charge in [0.2, 0.25) is 11.6 Å². The zero-order chi connectivity index (χ0) is 46.9. The molecule has 16 atom stereocenters. The van der Waals surface area contributed by atoms with Gasteiger partial charge in [0.25, 0.3) is 0 Å².